The van der Waals surface area contributed by atoms with E-state index in [0.29, 0.717) is 45.3 Å². The zero-order chi connectivity index (χ0) is 30.8. The van der Waals surface area contributed by atoms with Gasteiger partial charge in [-0.2, -0.15) is 13.5 Å². The first-order valence-corrected chi connectivity index (χ1v) is 15.7. The number of carbonyl (C=O) groups is 1. The summed E-state index contributed by atoms with van der Waals surface area (Å²) < 4.78 is 48.6. The first-order valence-electron chi connectivity index (χ1n) is 13.1. The van der Waals surface area contributed by atoms with Crippen molar-refractivity contribution in [3.8, 4) is 23.0 Å². The van der Waals surface area contributed by atoms with Crippen molar-refractivity contribution in [2.24, 2.45) is 5.10 Å². The molecule has 0 saturated heterocycles. The third-order valence-electron chi connectivity index (χ3n) is 5.75. The van der Waals surface area contributed by atoms with E-state index in [0.717, 1.165) is 5.56 Å². The van der Waals surface area contributed by atoms with Gasteiger partial charge in [0.15, 0.2) is 23.0 Å². The van der Waals surface area contributed by atoms with Crippen molar-refractivity contribution in [1.29, 1.82) is 0 Å². The zero-order valence-corrected chi connectivity index (χ0v) is 26.4. The number of benzene rings is 4. The lowest BCUT2D eigenvalue weighted by Crippen LogP contribution is -2.18. The second-order valence-corrected chi connectivity index (χ2v) is 11.7. The number of hydrazone groups is 1. The zero-order valence-electron chi connectivity index (χ0n) is 23.3. The number of hydrogen-bond donors (Lipinski definition) is 1. The van der Waals surface area contributed by atoms with Crippen LogP contribution < -0.4 is 23.8 Å². The van der Waals surface area contributed by atoms with E-state index in [-0.39, 0.29) is 23.0 Å². The molecule has 0 radical (unpaired) electrons. The van der Waals surface area contributed by atoms with Crippen molar-refractivity contribution in [2.45, 2.75) is 25.3 Å². The van der Waals surface area contributed by atoms with Gasteiger partial charge < -0.3 is 18.4 Å². The summed E-state index contributed by atoms with van der Waals surface area (Å²) in [4.78, 5) is 12.8. The topological polar surface area (TPSA) is 113 Å². The summed E-state index contributed by atoms with van der Waals surface area (Å²) in [5.74, 6) is 0.611. The Morgan fingerprint density at radius 2 is 1.58 bits per heavy atom. The maximum atomic E-state index is 12.8. The highest BCUT2D eigenvalue weighted by atomic mass is 79.9. The Morgan fingerprint density at radius 1 is 0.884 bits per heavy atom. The van der Waals surface area contributed by atoms with Crippen LogP contribution in [0.1, 0.15) is 35.3 Å². The first kappa shape index (κ1) is 31.9. The molecule has 4 aromatic carbocycles. The van der Waals surface area contributed by atoms with Crippen molar-refractivity contribution >= 4 is 49.8 Å². The Hall–Kier alpha value is -4.06. The first-order chi connectivity index (χ1) is 20.7. The fraction of sp³-hybridized carbons (Fsp3) is 0.161. The molecule has 4 aromatic rings. The standard InChI is InChI=1S/C31H28BrClN2O7S/c1-3-39-28-18-23(10-15-27(28)41-20-21-8-6-5-7-9-21)31(36)35-34-19-22-16-26(32)30(29(17-22)40-4-2)42-43(37,38)25-13-11-24(33)12-14-25/h5-19H,3-4,20H2,1-2H3,(H,35,36)/b34-19+. The molecule has 43 heavy (non-hydrogen) atoms. The van der Waals surface area contributed by atoms with Gasteiger partial charge in [-0.05, 0) is 95.5 Å². The largest absolute Gasteiger partial charge is 0.490 e. The predicted molar refractivity (Wildman–Crippen MR) is 168 cm³/mol. The van der Waals surface area contributed by atoms with Gasteiger partial charge >= 0.3 is 10.1 Å². The molecule has 1 amide bonds. The molecule has 12 heteroatoms. The van der Waals surface area contributed by atoms with Crippen LogP contribution in [0.25, 0.3) is 0 Å². The van der Waals surface area contributed by atoms with E-state index in [4.69, 9.17) is 30.0 Å². The molecule has 0 saturated carbocycles. The van der Waals surface area contributed by atoms with Crippen molar-refractivity contribution in [2.75, 3.05) is 13.2 Å². The highest BCUT2D eigenvalue weighted by molar-refractivity contribution is 9.10. The molecule has 1 N–H and O–H groups in total. The summed E-state index contributed by atoms with van der Waals surface area (Å²) in [5, 5.41) is 4.44. The van der Waals surface area contributed by atoms with Crippen LogP contribution in [0.3, 0.4) is 0 Å². The fourth-order valence-corrected chi connectivity index (χ4v) is 5.50. The van der Waals surface area contributed by atoms with E-state index in [1.165, 1.54) is 30.5 Å². The molecule has 0 heterocycles. The van der Waals surface area contributed by atoms with Crippen LogP contribution in [0.4, 0.5) is 0 Å². The fourth-order valence-electron chi connectivity index (χ4n) is 3.77. The van der Waals surface area contributed by atoms with E-state index < -0.39 is 16.0 Å². The van der Waals surface area contributed by atoms with Crippen molar-refractivity contribution < 1.29 is 31.6 Å². The monoisotopic (exact) mass is 686 g/mol. The van der Waals surface area contributed by atoms with E-state index in [1.54, 1.807) is 37.3 Å². The molecule has 0 aliphatic rings. The van der Waals surface area contributed by atoms with Gasteiger partial charge in [-0.25, -0.2) is 5.43 Å². The lowest BCUT2D eigenvalue weighted by atomic mass is 10.2. The minimum absolute atomic E-state index is 0.0315. The van der Waals surface area contributed by atoms with Crippen LogP contribution in [0.2, 0.25) is 5.02 Å². The highest BCUT2D eigenvalue weighted by Gasteiger charge is 2.22. The molecule has 0 aliphatic carbocycles. The Labute approximate surface area is 263 Å². The Balaban J connectivity index is 1.47. The summed E-state index contributed by atoms with van der Waals surface area (Å²) in [6.07, 6.45) is 1.39. The molecule has 0 aliphatic heterocycles. The average Bonchev–Trinajstić information content (AvgIpc) is 2.99. The quantitative estimate of drug-likeness (QED) is 0.0914. The van der Waals surface area contributed by atoms with Gasteiger partial charge in [0.1, 0.15) is 11.5 Å². The second-order valence-electron chi connectivity index (χ2n) is 8.82. The van der Waals surface area contributed by atoms with E-state index >= 15 is 0 Å². The van der Waals surface area contributed by atoms with Gasteiger partial charge in [-0.3, -0.25) is 4.79 Å². The van der Waals surface area contributed by atoms with Gasteiger partial charge in [0, 0.05) is 10.6 Å². The summed E-state index contributed by atoms with van der Waals surface area (Å²) >= 11 is 9.23. The molecule has 0 fully saturated rings. The molecule has 0 aromatic heterocycles. The molecule has 0 spiro atoms. The smallest absolute Gasteiger partial charge is 0.339 e. The number of hydrogen-bond acceptors (Lipinski definition) is 8. The van der Waals surface area contributed by atoms with Crippen LogP contribution >= 0.6 is 27.5 Å². The SMILES string of the molecule is CCOc1cc(C(=O)N/N=C/c2cc(Br)c(OS(=O)(=O)c3ccc(Cl)cc3)c(OCC)c2)ccc1OCc1ccccc1. The average molecular weight is 688 g/mol. The lowest BCUT2D eigenvalue weighted by molar-refractivity contribution is 0.0954. The summed E-state index contributed by atoms with van der Waals surface area (Å²) in [6, 6.07) is 23.3. The molecular weight excluding hydrogens is 660 g/mol. The molecule has 4 rings (SSSR count). The van der Waals surface area contributed by atoms with Crippen LogP contribution in [0.5, 0.6) is 23.0 Å². The van der Waals surface area contributed by atoms with Crippen LogP contribution in [-0.2, 0) is 16.7 Å². The molecule has 9 nitrogen and oxygen atoms in total. The molecule has 0 bridgehead atoms. The number of nitrogens with zero attached hydrogens (tertiary/aromatic N) is 1. The number of carbonyl (C=O) groups excluding carboxylic acids is 1. The molecule has 0 atom stereocenters. The van der Waals surface area contributed by atoms with Gasteiger partial charge in [0.05, 0.1) is 23.9 Å². The lowest BCUT2D eigenvalue weighted by Gasteiger charge is -2.14. The molecule has 0 unspecified atom stereocenters. The van der Waals surface area contributed by atoms with E-state index in [2.05, 4.69) is 26.5 Å². The summed E-state index contributed by atoms with van der Waals surface area (Å²) in [7, 11) is -4.17. The normalized spacial score (nSPS) is 11.3. The minimum atomic E-state index is -4.17. The number of nitrogens with one attached hydrogen (secondary N) is 1. The van der Waals surface area contributed by atoms with Gasteiger partial charge in [-0.1, -0.05) is 41.9 Å². The van der Waals surface area contributed by atoms with Crippen LogP contribution in [-0.4, -0.2) is 33.8 Å². The van der Waals surface area contributed by atoms with Gasteiger partial charge in [-0.15, -0.1) is 0 Å². The Bertz CT molecular complexity index is 1700. The molecular formula is C31H28BrClN2O7S. The van der Waals surface area contributed by atoms with Crippen LogP contribution in [0, 0.1) is 0 Å². The number of halogens is 2. The third-order valence-corrected chi connectivity index (χ3v) is 7.83. The summed E-state index contributed by atoms with van der Waals surface area (Å²) in [5.41, 5.74) is 4.31. The number of ether oxygens (including phenoxy) is 3. The third kappa shape index (κ3) is 8.73. The number of rotatable bonds is 13. The maximum absolute atomic E-state index is 12.8. The minimum Gasteiger partial charge on any atom is -0.490 e. The Kier molecular flexibility index (Phi) is 11.0. The Morgan fingerprint density at radius 3 is 2.28 bits per heavy atom. The maximum Gasteiger partial charge on any atom is 0.339 e. The number of amides is 1. The predicted octanol–water partition coefficient (Wildman–Crippen LogP) is 7.01. The van der Waals surface area contributed by atoms with Crippen molar-refractivity contribution in [3.05, 3.63) is 111 Å². The highest BCUT2D eigenvalue weighted by Crippen LogP contribution is 2.38. The van der Waals surface area contributed by atoms with E-state index in [1.807, 2.05) is 37.3 Å². The van der Waals surface area contributed by atoms with Gasteiger partial charge in [0.2, 0.25) is 0 Å². The van der Waals surface area contributed by atoms with Crippen molar-refractivity contribution in [3.63, 3.8) is 0 Å². The van der Waals surface area contributed by atoms with E-state index in [9.17, 15) is 13.2 Å². The summed E-state index contributed by atoms with van der Waals surface area (Å²) in [6.45, 7) is 4.58. The molecule has 224 valence electrons. The van der Waals surface area contributed by atoms with Gasteiger partial charge in [0.25, 0.3) is 5.91 Å². The second kappa shape index (κ2) is 14.9. The van der Waals surface area contributed by atoms with Crippen molar-refractivity contribution in [1.82, 2.24) is 5.43 Å². The van der Waals surface area contributed by atoms with Crippen LogP contribution in [0.15, 0.2) is 99.4 Å².